The lowest BCUT2D eigenvalue weighted by molar-refractivity contribution is -0.138. The summed E-state index contributed by atoms with van der Waals surface area (Å²) in [6.07, 6.45) is -0.286. The number of aromatic nitrogens is 1. The van der Waals surface area contributed by atoms with Gasteiger partial charge in [0.1, 0.15) is 11.6 Å². The highest BCUT2D eigenvalue weighted by Gasteiger charge is 2.37. The molecule has 6 heteroatoms. The molecule has 3 nitrogen and oxygen atoms in total. The molecule has 0 unspecified atom stereocenters. The van der Waals surface area contributed by atoms with Gasteiger partial charge in [-0.2, -0.15) is 18.4 Å². The normalized spacial score (nSPS) is 15.4. The lowest BCUT2D eigenvalue weighted by atomic mass is 9.85. The Hall–Kier alpha value is -2.55. The number of pyridine rings is 1. The molecule has 0 bridgehead atoms. The Morgan fingerprint density at radius 3 is 2.39 bits per heavy atom. The zero-order chi connectivity index (χ0) is 20.5. The van der Waals surface area contributed by atoms with E-state index in [0.717, 1.165) is 54.9 Å². The number of benzene rings is 1. The molecule has 0 amide bonds. The average molecular weight is 388 g/mol. The molecule has 0 saturated heterocycles. The Morgan fingerprint density at radius 1 is 1.14 bits per heavy atom. The lowest BCUT2D eigenvalue weighted by Crippen LogP contribution is -2.31. The molecule has 1 heterocycles. The molecule has 0 radical (unpaired) electrons. The van der Waals surface area contributed by atoms with Crippen molar-refractivity contribution in [2.75, 3.05) is 0 Å². The van der Waals surface area contributed by atoms with Gasteiger partial charge in [-0.1, -0.05) is 43.0 Å². The smallest absolute Gasteiger partial charge is 0.307 e. The SMILES string of the molecule is Cc1ccc(Cn2c(C3CCCCC3)cc(C(F)(F)F)c(C#N)c2=O)c(C)c1. The highest BCUT2D eigenvalue weighted by Crippen LogP contribution is 2.37. The van der Waals surface area contributed by atoms with Crippen LogP contribution in [0.5, 0.6) is 0 Å². The van der Waals surface area contributed by atoms with E-state index >= 15 is 0 Å². The van der Waals surface area contributed by atoms with E-state index < -0.39 is 22.9 Å². The minimum absolute atomic E-state index is 0.0963. The standard InChI is InChI=1S/C22H23F3N2O/c1-14-8-9-17(15(2)10-14)13-27-20(16-6-4-3-5-7-16)11-19(22(23,24)25)18(12-26)21(27)28/h8-11,16H,3-7,13H2,1-2H3. The fraction of sp³-hybridized carbons (Fsp3) is 0.455. The summed E-state index contributed by atoms with van der Waals surface area (Å²) in [4.78, 5) is 13.0. The molecule has 1 aromatic heterocycles. The maximum absolute atomic E-state index is 13.5. The van der Waals surface area contributed by atoms with Crippen molar-refractivity contribution in [2.24, 2.45) is 0 Å². The monoisotopic (exact) mass is 388 g/mol. The number of aryl methyl sites for hydroxylation is 2. The van der Waals surface area contributed by atoms with Crippen molar-refractivity contribution >= 4 is 0 Å². The third-order valence-corrected chi connectivity index (χ3v) is 5.60. The second-order valence-electron chi connectivity index (χ2n) is 7.62. The van der Waals surface area contributed by atoms with Crippen molar-refractivity contribution < 1.29 is 13.2 Å². The van der Waals surface area contributed by atoms with E-state index in [9.17, 15) is 23.2 Å². The molecule has 1 aliphatic carbocycles. The van der Waals surface area contributed by atoms with Gasteiger partial charge < -0.3 is 4.57 Å². The highest BCUT2D eigenvalue weighted by molar-refractivity contribution is 5.41. The van der Waals surface area contributed by atoms with Crippen molar-refractivity contribution in [3.8, 4) is 6.07 Å². The first-order chi connectivity index (χ1) is 13.2. The van der Waals surface area contributed by atoms with Gasteiger partial charge in [-0.25, -0.2) is 0 Å². The molecule has 0 aliphatic heterocycles. The van der Waals surface area contributed by atoms with Crippen LogP contribution < -0.4 is 5.56 Å². The molecule has 3 rings (SSSR count). The topological polar surface area (TPSA) is 45.8 Å². The summed E-state index contributed by atoms with van der Waals surface area (Å²) in [5, 5.41) is 9.28. The van der Waals surface area contributed by atoms with Crippen molar-refractivity contribution in [1.29, 1.82) is 5.26 Å². The number of alkyl halides is 3. The molecule has 0 N–H and O–H groups in total. The van der Waals surface area contributed by atoms with Gasteiger partial charge in [0, 0.05) is 5.69 Å². The highest BCUT2D eigenvalue weighted by atomic mass is 19.4. The van der Waals surface area contributed by atoms with Crippen LogP contribution in [-0.2, 0) is 12.7 Å². The Bertz CT molecular complexity index is 977. The first-order valence-electron chi connectivity index (χ1n) is 9.53. The van der Waals surface area contributed by atoms with E-state index in [1.807, 2.05) is 32.0 Å². The summed E-state index contributed by atoms with van der Waals surface area (Å²) in [5.74, 6) is -0.0963. The van der Waals surface area contributed by atoms with Gasteiger partial charge in [0.15, 0.2) is 0 Å². The van der Waals surface area contributed by atoms with Gasteiger partial charge in [0.2, 0.25) is 0 Å². The first kappa shape index (κ1) is 20.2. The molecule has 0 spiro atoms. The molecule has 148 valence electrons. The van der Waals surface area contributed by atoms with Crippen LogP contribution in [0.15, 0.2) is 29.1 Å². The maximum Gasteiger partial charge on any atom is 0.417 e. The van der Waals surface area contributed by atoms with Gasteiger partial charge in [0.25, 0.3) is 5.56 Å². The van der Waals surface area contributed by atoms with Crippen LogP contribution in [0.2, 0.25) is 0 Å². The van der Waals surface area contributed by atoms with E-state index in [1.54, 1.807) is 0 Å². The number of nitriles is 1. The Labute approximate surface area is 162 Å². The summed E-state index contributed by atoms with van der Waals surface area (Å²) in [6, 6.07) is 8.33. The number of nitrogens with zero attached hydrogens (tertiary/aromatic N) is 2. The van der Waals surface area contributed by atoms with E-state index in [2.05, 4.69) is 0 Å². The molecule has 1 saturated carbocycles. The van der Waals surface area contributed by atoms with E-state index in [1.165, 1.54) is 10.6 Å². The Balaban J connectivity index is 2.21. The van der Waals surface area contributed by atoms with Crippen molar-refractivity contribution in [1.82, 2.24) is 4.57 Å². The number of hydrogen-bond donors (Lipinski definition) is 0. The predicted octanol–water partition coefficient (Wildman–Crippen LogP) is 5.45. The number of hydrogen-bond acceptors (Lipinski definition) is 2. The van der Waals surface area contributed by atoms with Crippen LogP contribution in [-0.4, -0.2) is 4.57 Å². The largest absolute Gasteiger partial charge is 0.417 e. The lowest BCUT2D eigenvalue weighted by Gasteiger charge is -2.27. The molecule has 1 aliphatic rings. The van der Waals surface area contributed by atoms with Crippen molar-refractivity contribution in [2.45, 2.75) is 64.6 Å². The molecule has 0 atom stereocenters. The van der Waals surface area contributed by atoms with Gasteiger partial charge in [0.05, 0.1) is 12.1 Å². The average Bonchev–Trinajstić information content (AvgIpc) is 2.64. The van der Waals surface area contributed by atoms with Crippen LogP contribution in [0, 0.1) is 25.2 Å². The Kier molecular flexibility index (Phi) is 5.64. The molecule has 1 aromatic carbocycles. The van der Waals surface area contributed by atoms with Crippen molar-refractivity contribution in [3.05, 3.63) is 68.1 Å². The van der Waals surface area contributed by atoms with Crippen LogP contribution in [0.25, 0.3) is 0 Å². The zero-order valence-electron chi connectivity index (χ0n) is 16.1. The van der Waals surface area contributed by atoms with E-state index in [0.29, 0.717) is 5.69 Å². The zero-order valence-corrected chi connectivity index (χ0v) is 16.1. The summed E-state index contributed by atoms with van der Waals surface area (Å²) in [6.45, 7) is 4.05. The maximum atomic E-state index is 13.5. The number of halogens is 3. The molecular formula is C22H23F3N2O. The summed E-state index contributed by atoms with van der Waals surface area (Å²) >= 11 is 0. The van der Waals surface area contributed by atoms with Crippen LogP contribution >= 0.6 is 0 Å². The van der Waals surface area contributed by atoms with Crippen molar-refractivity contribution in [3.63, 3.8) is 0 Å². The third-order valence-electron chi connectivity index (χ3n) is 5.60. The minimum atomic E-state index is -4.73. The molecular weight excluding hydrogens is 365 g/mol. The van der Waals surface area contributed by atoms with Gasteiger partial charge in [-0.05, 0) is 49.8 Å². The fourth-order valence-corrected chi connectivity index (χ4v) is 4.09. The quantitative estimate of drug-likeness (QED) is 0.702. The first-order valence-corrected chi connectivity index (χ1v) is 9.53. The summed E-state index contributed by atoms with van der Waals surface area (Å²) in [5.41, 5.74) is 0.530. The third kappa shape index (κ3) is 3.99. The summed E-state index contributed by atoms with van der Waals surface area (Å²) < 4.78 is 42.0. The Morgan fingerprint density at radius 2 is 1.82 bits per heavy atom. The van der Waals surface area contributed by atoms with Gasteiger partial charge >= 0.3 is 6.18 Å². The van der Waals surface area contributed by atoms with Gasteiger partial charge in [-0.3, -0.25) is 4.79 Å². The number of rotatable bonds is 3. The minimum Gasteiger partial charge on any atom is -0.307 e. The predicted molar refractivity (Wildman–Crippen MR) is 101 cm³/mol. The fourth-order valence-electron chi connectivity index (χ4n) is 4.09. The van der Waals surface area contributed by atoms with E-state index in [-0.39, 0.29) is 12.5 Å². The molecule has 28 heavy (non-hydrogen) atoms. The van der Waals surface area contributed by atoms with E-state index in [4.69, 9.17) is 0 Å². The molecule has 1 fully saturated rings. The van der Waals surface area contributed by atoms with Crippen LogP contribution in [0.3, 0.4) is 0 Å². The second-order valence-corrected chi connectivity index (χ2v) is 7.62. The summed E-state index contributed by atoms with van der Waals surface area (Å²) in [7, 11) is 0. The van der Waals surface area contributed by atoms with Crippen LogP contribution in [0.1, 0.15) is 71.5 Å². The van der Waals surface area contributed by atoms with Crippen LogP contribution in [0.4, 0.5) is 13.2 Å². The molecule has 2 aromatic rings. The second kappa shape index (κ2) is 7.83. The van der Waals surface area contributed by atoms with Gasteiger partial charge in [-0.15, -0.1) is 0 Å².